The van der Waals surface area contributed by atoms with Gasteiger partial charge in [0.15, 0.2) is 17.4 Å². The SMILES string of the molecule is Cn1[cH+]n(-c2[c-]c(Sc3[c-]c4c(cc3)c3ccccc3n4-c3cc(-c4ccccc4-c4ccccc4)ccn3)ccc2)c2ccccc21.[Pt]. The molecule has 0 N–H and O–H groups in total. The van der Waals surface area contributed by atoms with E-state index >= 15 is 0 Å². The summed E-state index contributed by atoms with van der Waals surface area (Å²) in [6, 6.07) is 58.5. The number of para-hydroxylation sites is 3. The third-order valence-corrected chi connectivity index (χ3v) is 9.81. The van der Waals surface area contributed by atoms with Crippen LogP contribution in [-0.2, 0) is 28.1 Å². The molecule has 0 aliphatic carbocycles. The van der Waals surface area contributed by atoms with Crippen molar-refractivity contribution in [2.24, 2.45) is 7.05 Å². The fraction of sp³-hybridized carbons (Fsp3) is 0.0233. The normalized spacial score (nSPS) is 11.3. The molecule has 238 valence electrons. The maximum Gasteiger partial charge on any atom is 0.188 e. The van der Waals surface area contributed by atoms with Gasteiger partial charge < -0.3 is 4.57 Å². The Labute approximate surface area is 303 Å². The molecular weight excluding hydrogens is 800 g/mol. The third kappa shape index (κ3) is 5.59. The van der Waals surface area contributed by atoms with Gasteiger partial charge in [-0.15, -0.1) is 34.2 Å². The summed E-state index contributed by atoms with van der Waals surface area (Å²) < 4.78 is 6.58. The van der Waals surface area contributed by atoms with Gasteiger partial charge >= 0.3 is 0 Å². The van der Waals surface area contributed by atoms with Gasteiger partial charge in [0.1, 0.15) is 5.82 Å². The Balaban J connectivity index is 0.00000348. The molecule has 0 aliphatic rings. The first-order valence-electron chi connectivity index (χ1n) is 15.9. The van der Waals surface area contributed by atoms with Crippen molar-refractivity contribution in [3.8, 4) is 33.8 Å². The van der Waals surface area contributed by atoms with Gasteiger partial charge in [-0.25, -0.2) is 14.1 Å². The Hall–Kier alpha value is -5.22. The van der Waals surface area contributed by atoms with Crippen LogP contribution < -0.4 is 0 Å². The van der Waals surface area contributed by atoms with Crippen molar-refractivity contribution >= 4 is 44.6 Å². The molecule has 0 saturated heterocycles. The molecule has 4 nitrogen and oxygen atoms in total. The van der Waals surface area contributed by atoms with Gasteiger partial charge in [0.2, 0.25) is 0 Å². The van der Waals surface area contributed by atoms with Crippen LogP contribution in [0, 0.1) is 12.1 Å². The van der Waals surface area contributed by atoms with Gasteiger partial charge in [-0.05, 0) is 58.0 Å². The van der Waals surface area contributed by atoms with Crippen molar-refractivity contribution in [1.82, 2.24) is 18.7 Å². The fourth-order valence-electron chi connectivity index (χ4n) is 6.69. The van der Waals surface area contributed by atoms with Crippen LogP contribution in [0.2, 0.25) is 0 Å². The summed E-state index contributed by atoms with van der Waals surface area (Å²) in [5, 5.41) is 2.33. The minimum absolute atomic E-state index is 0. The fourth-order valence-corrected chi connectivity index (χ4v) is 7.52. The summed E-state index contributed by atoms with van der Waals surface area (Å²) in [5.74, 6) is 0.862. The molecule has 3 aromatic heterocycles. The molecule has 9 aromatic rings. The van der Waals surface area contributed by atoms with Crippen LogP contribution in [-0.4, -0.2) is 18.7 Å². The largest absolute Gasteiger partial charge is 0.319 e. The van der Waals surface area contributed by atoms with E-state index in [0.717, 1.165) is 48.8 Å². The second kappa shape index (κ2) is 13.0. The van der Waals surface area contributed by atoms with Gasteiger partial charge in [0.25, 0.3) is 0 Å². The average Bonchev–Trinajstić information content (AvgIpc) is 3.66. The number of rotatable bonds is 6. The monoisotopic (exact) mass is 828 g/mol. The van der Waals surface area contributed by atoms with E-state index in [0.29, 0.717) is 0 Å². The molecular formula is C43H29N4PtS-. The van der Waals surface area contributed by atoms with E-state index in [1.54, 1.807) is 11.8 Å². The van der Waals surface area contributed by atoms with Crippen LogP contribution in [0.15, 0.2) is 168 Å². The molecule has 0 aliphatic heterocycles. The third-order valence-electron chi connectivity index (χ3n) is 8.90. The average molecular weight is 829 g/mol. The molecule has 3 heterocycles. The van der Waals surface area contributed by atoms with Crippen LogP contribution in [0.1, 0.15) is 0 Å². The van der Waals surface area contributed by atoms with Gasteiger partial charge in [0, 0.05) is 57.6 Å². The van der Waals surface area contributed by atoms with Crippen LogP contribution >= 0.6 is 11.8 Å². The second-order valence-corrected chi connectivity index (χ2v) is 12.9. The molecule has 0 bridgehead atoms. The first-order chi connectivity index (χ1) is 23.7. The molecule has 9 rings (SSSR count). The molecule has 0 saturated carbocycles. The zero-order valence-electron chi connectivity index (χ0n) is 26.5. The maximum absolute atomic E-state index is 4.92. The van der Waals surface area contributed by atoms with E-state index in [1.807, 2.05) is 6.20 Å². The van der Waals surface area contributed by atoms with E-state index in [9.17, 15) is 0 Å². The first kappa shape index (κ1) is 31.1. The Morgan fingerprint density at radius 2 is 1.29 bits per heavy atom. The summed E-state index contributed by atoms with van der Waals surface area (Å²) in [4.78, 5) is 6.97. The minimum atomic E-state index is 0. The van der Waals surface area contributed by atoms with E-state index < -0.39 is 0 Å². The van der Waals surface area contributed by atoms with E-state index in [-0.39, 0.29) is 21.1 Å². The Morgan fingerprint density at radius 1 is 0.592 bits per heavy atom. The number of imidazole rings is 1. The van der Waals surface area contributed by atoms with E-state index in [2.05, 4.69) is 185 Å². The van der Waals surface area contributed by atoms with Crippen LogP contribution in [0.4, 0.5) is 0 Å². The number of hydrogen-bond donors (Lipinski definition) is 0. The predicted molar refractivity (Wildman–Crippen MR) is 198 cm³/mol. The van der Waals surface area contributed by atoms with Crippen molar-refractivity contribution in [3.63, 3.8) is 0 Å². The Morgan fingerprint density at radius 3 is 2.12 bits per heavy atom. The van der Waals surface area contributed by atoms with Crippen molar-refractivity contribution in [2.45, 2.75) is 9.79 Å². The van der Waals surface area contributed by atoms with Gasteiger partial charge in [-0.2, -0.15) is 24.3 Å². The Bertz CT molecular complexity index is 2620. The first-order valence-corrected chi connectivity index (χ1v) is 16.8. The number of pyridine rings is 1. The zero-order valence-corrected chi connectivity index (χ0v) is 29.6. The smallest absolute Gasteiger partial charge is 0.188 e. The van der Waals surface area contributed by atoms with Gasteiger partial charge in [0.05, 0.1) is 0 Å². The van der Waals surface area contributed by atoms with Gasteiger partial charge in [-0.3, -0.25) is 0 Å². The van der Waals surface area contributed by atoms with Crippen molar-refractivity contribution in [2.75, 3.05) is 0 Å². The van der Waals surface area contributed by atoms with Crippen molar-refractivity contribution in [3.05, 3.63) is 170 Å². The topological polar surface area (TPSA) is 27.7 Å². The summed E-state index contributed by atoms with van der Waals surface area (Å²) in [6.07, 6.45) is 4.03. The van der Waals surface area contributed by atoms with E-state index in [1.165, 1.54) is 27.6 Å². The number of fused-ring (bicyclic) bond motifs is 4. The van der Waals surface area contributed by atoms with Crippen LogP contribution in [0.3, 0.4) is 0 Å². The summed E-state index contributed by atoms with van der Waals surface area (Å²) in [7, 11) is 2.08. The van der Waals surface area contributed by atoms with Crippen molar-refractivity contribution < 1.29 is 21.1 Å². The quantitative estimate of drug-likeness (QED) is 0.156. The number of hydrogen-bond acceptors (Lipinski definition) is 2. The molecule has 0 spiro atoms. The van der Waals surface area contributed by atoms with Crippen LogP contribution in [0.25, 0.3) is 66.6 Å². The molecule has 6 heteroatoms. The predicted octanol–water partition coefficient (Wildman–Crippen LogP) is 10.8. The zero-order chi connectivity index (χ0) is 32.0. The maximum atomic E-state index is 4.92. The second-order valence-electron chi connectivity index (χ2n) is 11.8. The minimum Gasteiger partial charge on any atom is -0.319 e. The van der Waals surface area contributed by atoms with E-state index in [4.69, 9.17) is 4.98 Å². The molecule has 0 radical (unpaired) electrons. The number of nitrogens with zero attached hydrogens (tertiary/aromatic N) is 4. The van der Waals surface area contributed by atoms with Crippen LogP contribution in [0.5, 0.6) is 0 Å². The van der Waals surface area contributed by atoms with Gasteiger partial charge in [-0.1, -0.05) is 89.3 Å². The number of benzene rings is 6. The summed E-state index contributed by atoms with van der Waals surface area (Å²) in [5.41, 5.74) is 10.1. The number of aryl methyl sites for hydroxylation is 1. The summed E-state index contributed by atoms with van der Waals surface area (Å²) in [6.45, 7) is 0. The molecule has 0 fully saturated rings. The molecule has 6 aromatic carbocycles. The Kier molecular flexibility index (Phi) is 8.24. The molecule has 0 atom stereocenters. The molecule has 49 heavy (non-hydrogen) atoms. The molecule has 0 unspecified atom stereocenters. The van der Waals surface area contributed by atoms with Crippen molar-refractivity contribution in [1.29, 1.82) is 0 Å². The molecule has 0 amide bonds. The summed E-state index contributed by atoms with van der Waals surface area (Å²) >= 11 is 1.67. The standard InChI is InChI=1S/C43H29N4S.Pt/c1-45-29-46(41-21-10-9-20-40(41)45)32-14-11-15-33(27-32)48-34-22-23-38-37-18-7-8-19-39(37)47(42(38)28-34)43-26-31(24-25-44-43)36-17-6-5-16-35(36)30-12-3-2-4-13-30;/h2-26,29H,1H3;/q-1;. The number of aromatic nitrogens is 4.